The van der Waals surface area contributed by atoms with Gasteiger partial charge in [0.25, 0.3) is 8.32 Å². The zero-order valence-corrected chi connectivity index (χ0v) is 22.7. The Kier molecular flexibility index (Phi) is 8.26. The molecule has 3 atom stereocenters. The maximum atomic E-state index is 15.4. The van der Waals surface area contributed by atoms with Crippen LogP contribution in [-0.4, -0.2) is 39.1 Å². The minimum atomic E-state index is -2.59. The number of benzene rings is 3. The normalized spacial score (nSPS) is 21.7. The molecule has 4 heteroatoms. The molecule has 186 valence electrons. The van der Waals surface area contributed by atoms with Gasteiger partial charge >= 0.3 is 0 Å². The van der Waals surface area contributed by atoms with E-state index in [4.69, 9.17) is 4.43 Å². The fourth-order valence-electron chi connectivity index (χ4n) is 5.83. The standard InChI is InChI=1S/C31H40FNOSi/c1-25-22-33(23-26-14-8-5-9-15-26)24-27(30(25)32)20-21-34-35(31(2,3)4,28-16-10-6-11-17-28)29-18-12-7-13-19-29/h5-19,25,27,30H,20-24H2,1-4H3/t25-,27+,30+/m1/s1. The Morgan fingerprint density at radius 3 is 1.86 bits per heavy atom. The van der Waals surface area contributed by atoms with Crippen molar-refractivity contribution in [1.29, 1.82) is 0 Å². The number of rotatable bonds is 8. The third-order valence-electron chi connectivity index (χ3n) is 7.51. The molecule has 0 unspecified atom stereocenters. The van der Waals surface area contributed by atoms with Gasteiger partial charge < -0.3 is 4.43 Å². The zero-order valence-electron chi connectivity index (χ0n) is 21.7. The molecule has 35 heavy (non-hydrogen) atoms. The van der Waals surface area contributed by atoms with E-state index < -0.39 is 14.5 Å². The van der Waals surface area contributed by atoms with Gasteiger partial charge in [-0.25, -0.2) is 4.39 Å². The Hall–Kier alpha value is -2.27. The van der Waals surface area contributed by atoms with Gasteiger partial charge in [-0.1, -0.05) is 119 Å². The molecule has 1 aliphatic rings. The molecule has 1 saturated heterocycles. The van der Waals surface area contributed by atoms with Crippen molar-refractivity contribution in [3.63, 3.8) is 0 Å². The molecule has 0 aliphatic carbocycles. The molecule has 1 fully saturated rings. The first-order valence-electron chi connectivity index (χ1n) is 13.0. The zero-order chi connectivity index (χ0) is 24.9. The van der Waals surface area contributed by atoms with Crippen LogP contribution in [-0.2, 0) is 11.0 Å². The minimum Gasteiger partial charge on any atom is -0.407 e. The average Bonchev–Trinajstić information content (AvgIpc) is 2.85. The van der Waals surface area contributed by atoms with Gasteiger partial charge in [-0.2, -0.15) is 0 Å². The van der Waals surface area contributed by atoms with Crippen LogP contribution in [0.25, 0.3) is 0 Å². The molecule has 2 nitrogen and oxygen atoms in total. The van der Waals surface area contributed by atoms with E-state index in [9.17, 15) is 0 Å². The predicted molar refractivity (Wildman–Crippen MR) is 147 cm³/mol. The Balaban J connectivity index is 1.54. The molecule has 4 rings (SSSR count). The van der Waals surface area contributed by atoms with Crippen LogP contribution in [0.4, 0.5) is 4.39 Å². The summed E-state index contributed by atoms with van der Waals surface area (Å²) in [5.74, 6) is 0.0194. The van der Waals surface area contributed by atoms with Crippen LogP contribution in [0.1, 0.15) is 39.7 Å². The lowest BCUT2D eigenvalue weighted by Crippen LogP contribution is -2.66. The van der Waals surface area contributed by atoms with Crippen molar-refractivity contribution in [1.82, 2.24) is 4.90 Å². The largest absolute Gasteiger partial charge is 0.407 e. The van der Waals surface area contributed by atoms with E-state index in [1.807, 2.05) is 6.07 Å². The topological polar surface area (TPSA) is 12.5 Å². The molecule has 0 amide bonds. The van der Waals surface area contributed by atoms with Gasteiger partial charge in [0.2, 0.25) is 0 Å². The quantitative estimate of drug-likeness (QED) is 0.357. The fraction of sp³-hybridized carbons (Fsp3) is 0.419. The minimum absolute atomic E-state index is 0.0133. The van der Waals surface area contributed by atoms with E-state index in [-0.39, 0.29) is 16.9 Å². The third-order valence-corrected chi connectivity index (χ3v) is 12.5. The second-order valence-electron chi connectivity index (χ2n) is 11.2. The van der Waals surface area contributed by atoms with Gasteiger partial charge in [0.15, 0.2) is 0 Å². The monoisotopic (exact) mass is 489 g/mol. The summed E-state index contributed by atoms with van der Waals surface area (Å²) in [6.07, 6.45) is -0.0498. The van der Waals surface area contributed by atoms with Gasteiger partial charge in [-0.15, -0.1) is 0 Å². The molecular weight excluding hydrogens is 449 g/mol. The van der Waals surface area contributed by atoms with Gasteiger partial charge in [0, 0.05) is 38.1 Å². The lowest BCUT2D eigenvalue weighted by molar-refractivity contribution is 0.0267. The van der Waals surface area contributed by atoms with Crippen molar-refractivity contribution in [2.75, 3.05) is 19.7 Å². The highest BCUT2D eigenvalue weighted by Crippen LogP contribution is 2.37. The number of halogens is 1. The maximum Gasteiger partial charge on any atom is 0.261 e. The summed E-state index contributed by atoms with van der Waals surface area (Å²) < 4.78 is 22.4. The lowest BCUT2D eigenvalue weighted by atomic mass is 9.86. The molecule has 0 N–H and O–H groups in total. The first-order valence-corrected chi connectivity index (χ1v) is 14.9. The number of hydrogen-bond acceptors (Lipinski definition) is 2. The lowest BCUT2D eigenvalue weighted by Gasteiger charge is -2.44. The van der Waals surface area contributed by atoms with Crippen molar-refractivity contribution in [3.05, 3.63) is 96.6 Å². The first kappa shape index (κ1) is 25.8. The Bertz CT molecular complexity index is 998. The van der Waals surface area contributed by atoms with Crippen molar-refractivity contribution >= 4 is 18.7 Å². The number of likely N-dealkylation sites (tertiary alicyclic amines) is 1. The molecule has 0 spiro atoms. The summed E-state index contributed by atoms with van der Waals surface area (Å²) in [6, 6.07) is 31.9. The summed E-state index contributed by atoms with van der Waals surface area (Å²) in [6.45, 7) is 12.0. The average molecular weight is 490 g/mol. The van der Waals surface area contributed by atoms with Crippen molar-refractivity contribution in [3.8, 4) is 0 Å². The Labute approximate surface area is 212 Å². The summed E-state index contributed by atoms with van der Waals surface area (Å²) in [5.41, 5.74) is 1.29. The molecule has 1 aliphatic heterocycles. The van der Waals surface area contributed by atoms with E-state index in [0.29, 0.717) is 6.61 Å². The predicted octanol–water partition coefficient (Wildman–Crippen LogP) is 6.06. The van der Waals surface area contributed by atoms with Gasteiger partial charge in [-0.05, 0) is 27.4 Å². The van der Waals surface area contributed by atoms with Crippen LogP contribution >= 0.6 is 0 Å². The maximum absolute atomic E-state index is 15.4. The molecule has 0 aromatic heterocycles. The van der Waals surface area contributed by atoms with Gasteiger partial charge in [0.05, 0.1) is 0 Å². The van der Waals surface area contributed by atoms with Crippen molar-refractivity contribution in [2.45, 2.75) is 51.9 Å². The van der Waals surface area contributed by atoms with Crippen LogP contribution in [0.3, 0.4) is 0 Å². The molecule has 0 bridgehead atoms. The third kappa shape index (κ3) is 5.77. The highest BCUT2D eigenvalue weighted by atomic mass is 28.4. The van der Waals surface area contributed by atoms with E-state index in [1.54, 1.807) is 0 Å². The number of nitrogens with zero attached hydrogens (tertiary/aromatic N) is 1. The second-order valence-corrected chi connectivity index (χ2v) is 15.5. The van der Waals surface area contributed by atoms with Gasteiger partial charge in [0.1, 0.15) is 6.17 Å². The molecule has 3 aromatic rings. The summed E-state index contributed by atoms with van der Waals surface area (Å²) in [7, 11) is -2.59. The van der Waals surface area contributed by atoms with Crippen LogP contribution in [0, 0.1) is 11.8 Å². The highest BCUT2D eigenvalue weighted by molar-refractivity contribution is 6.99. The number of hydrogen-bond donors (Lipinski definition) is 0. The van der Waals surface area contributed by atoms with E-state index in [1.165, 1.54) is 15.9 Å². The molecule has 0 saturated carbocycles. The summed E-state index contributed by atoms with van der Waals surface area (Å²) in [5, 5.41) is 2.49. The smallest absolute Gasteiger partial charge is 0.261 e. The summed E-state index contributed by atoms with van der Waals surface area (Å²) >= 11 is 0. The van der Waals surface area contributed by atoms with E-state index in [2.05, 4.69) is 118 Å². The highest BCUT2D eigenvalue weighted by Gasteiger charge is 2.50. The number of alkyl halides is 1. The second kappa shape index (κ2) is 11.2. The Morgan fingerprint density at radius 2 is 1.34 bits per heavy atom. The van der Waals surface area contributed by atoms with Crippen molar-refractivity contribution in [2.24, 2.45) is 11.8 Å². The molecular formula is C31H40FNOSi. The van der Waals surface area contributed by atoms with Gasteiger partial charge in [-0.3, -0.25) is 4.90 Å². The molecule has 0 radical (unpaired) electrons. The fourth-order valence-corrected chi connectivity index (χ4v) is 10.4. The SMILES string of the molecule is C[C@@H]1CN(Cc2ccccc2)C[C@H](CCO[Si](c2ccccc2)(c2ccccc2)C(C)(C)C)[C@H]1F. The van der Waals surface area contributed by atoms with Crippen LogP contribution in [0.2, 0.25) is 5.04 Å². The molecule has 1 heterocycles. The van der Waals surface area contributed by atoms with E-state index >= 15 is 4.39 Å². The summed E-state index contributed by atoms with van der Waals surface area (Å²) in [4.78, 5) is 2.42. The van der Waals surface area contributed by atoms with Crippen LogP contribution in [0.15, 0.2) is 91.0 Å². The molecule has 3 aromatic carbocycles. The van der Waals surface area contributed by atoms with Crippen molar-refractivity contribution < 1.29 is 8.82 Å². The van der Waals surface area contributed by atoms with Crippen LogP contribution in [0.5, 0.6) is 0 Å². The Morgan fingerprint density at radius 1 is 0.829 bits per heavy atom. The number of piperidine rings is 1. The first-order chi connectivity index (χ1) is 16.8. The van der Waals surface area contributed by atoms with Crippen LogP contribution < -0.4 is 10.4 Å². The van der Waals surface area contributed by atoms with E-state index in [0.717, 1.165) is 26.1 Å².